The Labute approximate surface area is 150 Å². The molecule has 0 spiro atoms. The zero-order valence-corrected chi connectivity index (χ0v) is 14.2. The van der Waals surface area contributed by atoms with Gasteiger partial charge < -0.3 is 15.2 Å². The van der Waals surface area contributed by atoms with Gasteiger partial charge in [-0.3, -0.25) is 4.79 Å². The van der Waals surface area contributed by atoms with Gasteiger partial charge in [-0.15, -0.1) is 0 Å². The van der Waals surface area contributed by atoms with Gasteiger partial charge in [0.25, 0.3) is 5.91 Å². The van der Waals surface area contributed by atoms with Crippen LogP contribution in [0.4, 0.5) is 4.39 Å². The third-order valence-electron chi connectivity index (χ3n) is 4.88. The number of hydrogen-bond acceptors (Lipinski definition) is 3. The number of rotatable bonds is 5. The molecule has 0 unspecified atom stereocenters. The Morgan fingerprint density at radius 1 is 1.12 bits per heavy atom. The predicted molar refractivity (Wildman–Crippen MR) is 93.9 cm³/mol. The normalized spacial score (nSPS) is 16.0. The number of hydrogen-bond donors (Lipinski definition) is 2. The Morgan fingerprint density at radius 2 is 1.81 bits per heavy atom. The first kappa shape index (κ1) is 18.1. The highest BCUT2D eigenvalue weighted by molar-refractivity contribution is 5.96. The van der Waals surface area contributed by atoms with Crippen LogP contribution in [0.5, 0.6) is 0 Å². The lowest BCUT2D eigenvalue weighted by Crippen LogP contribution is -2.44. The molecule has 2 aromatic rings. The van der Waals surface area contributed by atoms with Crippen molar-refractivity contribution in [3.8, 4) is 0 Å². The average molecular weight is 357 g/mol. The zero-order valence-electron chi connectivity index (χ0n) is 14.2. The van der Waals surface area contributed by atoms with Crippen molar-refractivity contribution in [1.82, 2.24) is 5.32 Å². The van der Waals surface area contributed by atoms with Crippen LogP contribution in [0.2, 0.25) is 0 Å². The van der Waals surface area contributed by atoms with Gasteiger partial charge in [0.15, 0.2) is 0 Å². The molecule has 136 valence electrons. The summed E-state index contributed by atoms with van der Waals surface area (Å²) in [4.78, 5) is 23.3. The van der Waals surface area contributed by atoms with E-state index in [9.17, 15) is 14.0 Å². The first-order chi connectivity index (χ1) is 12.5. The minimum absolute atomic E-state index is 0.162. The van der Waals surface area contributed by atoms with Gasteiger partial charge in [-0.25, -0.2) is 9.18 Å². The molecule has 3 rings (SSSR count). The Bertz CT molecular complexity index is 801. The molecule has 0 radical (unpaired) electrons. The molecule has 0 aliphatic carbocycles. The molecule has 0 atom stereocenters. The van der Waals surface area contributed by atoms with Crippen LogP contribution >= 0.6 is 0 Å². The molecule has 1 heterocycles. The number of aromatic carboxylic acids is 1. The average Bonchev–Trinajstić information content (AvgIpc) is 2.67. The number of carbonyl (C=O) groups excluding carboxylic acids is 1. The lowest BCUT2D eigenvalue weighted by atomic mass is 9.74. The molecule has 1 aliphatic heterocycles. The van der Waals surface area contributed by atoms with Gasteiger partial charge in [0.2, 0.25) is 0 Å². The van der Waals surface area contributed by atoms with E-state index in [1.807, 2.05) is 30.3 Å². The molecule has 0 bridgehead atoms. The third-order valence-corrected chi connectivity index (χ3v) is 4.88. The van der Waals surface area contributed by atoms with Crippen molar-refractivity contribution in [2.75, 3.05) is 19.8 Å². The maximum atomic E-state index is 14.1. The topological polar surface area (TPSA) is 75.6 Å². The molecule has 0 aromatic heterocycles. The van der Waals surface area contributed by atoms with Crippen molar-refractivity contribution in [3.63, 3.8) is 0 Å². The van der Waals surface area contributed by atoms with Crippen LogP contribution in [0, 0.1) is 5.82 Å². The highest BCUT2D eigenvalue weighted by Crippen LogP contribution is 2.34. The Hall–Kier alpha value is -2.73. The Kier molecular flexibility index (Phi) is 5.32. The van der Waals surface area contributed by atoms with Crippen LogP contribution in [0.15, 0.2) is 48.5 Å². The number of halogens is 1. The van der Waals surface area contributed by atoms with E-state index in [0.29, 0.717) is 19.8 Å². The minimum Gasteiger partial charge on any atom is -0.478 e. The summed E-state index contributed by atoms with van der Waals surface area (Å²) < 4.78 is 19.6. The van der Waals surface area contributed by atoms with Crippen LogP contribution in [-0.2, 0) is 10.2 Å². The van der Waals surface area contributed by atoms with Crippen LogP contribution in [-0.4, -0.2) is 36.7 Å². The van der Waals surface area contributed by atoms with E-state index in [4.69, 9.17) is 9.84 Å². The summed E-state index contributed by atoms with van der Waals surface area (Å²) in [5, 5.41) is 11.7. The summed E-state index contributed by atoms with van der Waals surface area (Å²) in [5.41, 5.74) is 0.506. The molecule has 1 saturated heterocycles. The largest absolute Gasteiger partial charge is 0.478 e. The van der Waals surface area contributed by atoms with Crippen molar-refractivity contribution < 1.29 is 23.8 Å². The Balaban J connectivity index is 1.77. The summed E-state index contributed by atoms with van der Waals surface area (Å²) in [7, 11) is 0. The second kappa shape index (κ2) is 7.66. The lowest BCUT2D eigenvalue weighted by Gasteiger charge is -2.38. The van der Waals surface area contributed by atoms with Crippen LogP contribution in [0.3, 0.4) is 0 Å². The number of nitrogens with one attached hydrogen (secondary N) is 1. The van der Waals surface area contributed by atoms with Crippen LogP contribution in [0.1, 0.15) is 39.1 Å². The van der Waals surface area contributed by atoms with Gasteiger partial charge in [0, 0.05) is 25.2 Å². The summed E-state index contributed by atoms with van der Waals surface area (Å²) in [6.45, 7) is 1.57. The first-order valence-electron chi connectivity index (χ1n) is 8.46. The fourth-order valence-corrected chi connectivity index (χ4v) is 3.30. The maximum Gasteiger partial charge on any atom is 0.335 e. The second-order valence-corrected chi connectivity index (χ2v) is 6.44. The van der Waals surface area contributed by atoms with Crippen molar-refractivity contribution in [3.05, 3.63) is 71.0 Å². The van der Waals surface area contributed by atoms with Crippen molar-refractivity contribution in [2.45, 2.75) is 18.3 Å². The van der Waals surface area contributed by atoms with Gasteiger partial charge in [0.05, 0.1) is 11.1 Å². The van der Waals surface area contributed by atoms with Gasteiger partial charge in [-0.05, 0) is 36.6 Å². The van der Waals surface area contributed by atoms with Gasteiger partial charge in [-0.1, -0.05) is 30.3 Å². The Morgan fingerprint density at radius 3 is 2.42 bits per heavy atom. The monoisotopic (exact) mass is 357 g/mol. The van der Waals surface area contributed by atoms with E-state index >= 15 is 0 Å². The molecule has 2 aromatic carbocycles. The second-order valence-electron chi connectivity index (χ2n) is 6.44. The molecule has 26 heavy (non-hydrogen) atoms. The van der Waals surface area contributed by atoms with E-state index in [1.54, 1.807) is 0 Å². The van der Waals surface area contributed by atoms with E-state index in [-0.39, 0.29) is 16.5 Å². The van der Waals surface area contributed by atoms with Crippen molar-refractivity contribution >= 4 is 11.9 Å². The summed E-state index contributed by atoms with van der Waals surface area (Å²) >= 11 is 0. The standard InChI is InChI=1S/C20H20FNO4/c21-17-12-14(19(24)25)6-7-16(17)18(23)22-13-20(8-10-26-11-9-20)15-4-2-1-3-5-15/h1-7,12H,8-11,13H2,(H,22,23)(H,24,25). The molecule has 5 nitrogen and oxygen atoms in total. The van der Waals surface area contributed by atoms with Crippen LogP contribution in [0.25, 0.3) is 0 Å². The summed E-state index contributed by atoms with van der Waals surface area (Å²) in [6.07, 6.45) is 1.52. The molecule has 6 heteroatoms. The van der Waals surface area contributed by atoms with Crippen molar-refractivity contribution in [2.24, 2.45) is 0 Å². The number of amides is 1. The number of benzene rings is 2. The fourth-order valence-electron chi connectivity index (χ4n) is 3.30. The van der Waals surface area contributed by atoms with Crippen LogP contribution < -0.4 is 5.32 Å². The third kappa shape index (κ3) is 3.75. The molecule has 1 fully saturated rings. The highest BCUT2D eigenvalue weighted by Gasteiger charge is 2.35. The zero-order chi connectivity index (χ0) is 18.6. The van der Waals surface area contributed by atoms with Gasteiger partial charge in [-0.2, -0.15) is 0 Å². The fraction of sp³-hybridized carbons (Fsp3) is 0.300. The highest BCUT2D eigenvalue weighted by atomic mass is 19.1. The minimum atomic E-state index is -1.24. The van der Waals surface area contributed by atoms with Crippen molar-refractivity contribution in [1.29, 1.82) is 0 Å². The molecular weight excluding hydrogens is 337 g/mol. The van der Waals surface area contributed by atoms with Gasteiger partial charge in [0.1, 0.15) is 5.82 Å². The SMILES string of the molecule is O=C(O)c1ccc(C(=O)NCC2(c3ccccc3)CCOCC2)c(F)c1. The van der Waals surface area contributed by atoms with Gasteiger partial charge >= 0.3 is 5.97 Å². The molecule has 0 saturated carbocycles. The smallest absolute Gasteiger partial charge is 0.335 e. The number of carboxylic acid groups (broad SMARTS) is 1. The van der Waals surface area contributed by atoms with E-state index < -0.39 is 17.7 Å². The number of carboxylic acids is 1. The maximum absolute atomic E-state index is 14.1. The molecule has 2 N–H and O–H groups in total. The van der Waals surface area contributed by atoms with E-state index in [0.717, 1.165) is 24.5 Å². The van der Waals surface area contributed by atoms with E-state index in [1.165, 1.54) is 12.1 Å². The van der Waals surface area contributed by atoms with E-state index in [2.05, 4.69) is 5.32 Å². The number of carbonyl (C=O) groups is 2. The quantitative estimate of drug-likeness (QED) is 0.863. The number of ether oxygens (including phenoxy) is 1. The summed E-state index contributed by atoms with van der Waals surface area (Å²) in [6, 6.07) is 13.2. The first-order valence-corrected chi connectivity index (χ1v) is 8.46. The lowest BCUT2D eigenvalue weighted by molar-refractivity contribution is 0.0487. The molecular formula is C20H20FNO4. The molecule has 1 aliphatic rings. The molecule has 1 amide bonds. The summed E-state index contributed by atoms with van der Waals surface area (Å²) in [5.74, 6) is -2.63. The predicted octanol–water partition coefficient (Wildman–Crippen LogP) is 3.00.